The predicted octanol–water partition coefficient (Wildman–Crippen LogP) is 2.18. The number of aryl methyl sites for hydroxylation is 1. The maximum absolute atomic E-state index is 12.7. The molecule has 1 N–H and O–H groups in total. The van der Waals surface area contributed by atoms with E-state index in [2.05, 4.69) is 5.32 Å². The molecule has 1 aliphatic carbocycles. The van der Waals surface area contributed by atoms with Crippen molar-refractivity contribution in [1.29, 1.82) is 0 Å². The molecule has 0 unspecified atom stereocenters. The van der Waals surface area contributed by atoms with Gasteiger partial charge in [0.1, 0.15) is 5.76 Å². The van der Waals surface area contributed by atoms with Crippen LogP contribution in [0.25, 0.3) is 0 Å². The Labute approximate surface area is 131 Å². The molecule has 1 fully saturated rings. The molecule has 0 radical (unpaired) electrons. The molecule has 5 heteroatoms. The lowest BCUT2D eigenvalue weighted by atomic mass is 9.93. The van der Waals surface area contributed by atoms with Crippen LogP contribution in [0.1, 0.15) is 57.9 Å². The smallest absolute Gasteiger partial charge is 0.289 e. The van der Waals surface area contributed by atoms with Crippen LogP contribution in [0.3, 0.4) is 0 Å². The number of Topliss-reactive ketones (excluding diaryl/α,β-unsaturated/α-hetero) is 1. The summed E-state index contributed by atoms with van der Waals surface area (Å²) >= 11 is 0. The topological polar surface area (TPSA) is 62.6 Å². The Hall–Kier alpha value is -1.62. The first-order valence-corrected chi connectivity index (χ1v) is 8.21. The van der Waals surface area contributed by atoms with Crippen LogP contribution in [0, 0.1) is 12.8 Å². The van der Waals surface area contributed by atoms with Crippen molar-refractivity contribution in [2.75, 3.05) is 26.7 Å². The molecule has 0 aromatic carbocycles. The molecular weight excluding hydrogens is 280 g/mol. The van der Waals surface area contributed by atoms with E-state index in [9.17, 15) is 9.59 Å². The second-order valence-electron chi connectivity index (χ2n) is 6.42. The number of likely N-dealkylation sites (tertiary alicyclic amines) is 1. The minimum absolute atomic E-state index is 0.0531. The van der Waals surface area contributed by atoms with Gasteiger partial charge in [-0.05, 0) is 45.7 Å². The summed E-state index contributed by atoms with van der Waals surface area (Å²) in [6.45, 7) is 4.38. The number of ketones is 1. The van der Waals surface area contributed by atoms with E-state index in [0.717, 1.165) is 50.9 Å². The summed E-state index contributed by atoms with van der Waals surface area (Å²) in [5, 5.41) is 3.20. The van der Waals surface area contributed by atoms with Crippen LogP contribution in [0.5, 0.6) is 0 Å². The number of nitrogens with zero attached hydrogens (tertiary/aromatic N) is 1. The molecule has 5 nitrogen and oxygen atoms in total. The molecule has 1 aliphatic heterocycles. The molecule has 2 aliphatic rings. The van der Waals surface area contributed by atoms with Crippen LogP contribution in [-0.2, 0) is 6.42 Å². The molecule has 0 bridgehead atoms. The van der Waals surface area contributed by atoms with Crippen LogP contribution in [0.2, 0.25) is 0 Å². The summed E-state index contributed by atoms with van der Waals surface area (Å²) in [7, 11) is 1.96. The molecular formula is C17H24N2O3. The number of carbonyl (C=O) groups is 2. The van der Waals surface area contributed by atoms with E-state index in [-0.39, 0.29) is 11.7 Å². The van der Waals surface area contributed by atoms with Gasteiger partial charge >= 0.3 is 0 Å². The number of amides is 1. The first-order chi connectivity index (χ1) is 10.6. The number of piperidine rings is 1. The van der Waals surface area contributed by atoms with Crippen molar-refractivity contribution in [2.45, 2.75) is 39.0 Å². The second-order valence-corrected chi connectivity index (χ2v) is 6.42. The summed E-state index contributed by atoms with van der Waals surface area (Å²) in [6.07, 6.45) is 4.19. The number of fused-ring (bicyclic) bond motifs is 1. The SMILES string of the molecule is CNCC1CCN(C(=O)c2oc3c(c2C)C(=O)CCC3)CC1. The maximum atomic E-state index is 12.7. The summed E-state index contributed by atoms with van der Waals surface area (Å²) in [4.78, 5) is 26.6. The van der Waals surface area contributed by atoms with Crippen molar-refractivity contribution in [3.05, 3.63) is 22.6 Å². The van der Waals surface area contributed by atoms with E-state index >= 15 is 0 Å². The molecule has 1 aromatic rings. The van der Waals surface area contributed by atoms with Gasteiger partial charge in [0.2, 0.25) is 0 Å². The number of hydrogen-bond donors (Lipinski definition) is 1. The van der Waals surface area contributed by atoms with Gasteiger partial charge in [-0.1, -0.05) is 0 Å². The van der Waals surface area contributed by atoms with Crippen LogP contribution in [0.4, 0.5) is 0 Å². The highest BCUT2D eigenvalue weighted by Crippen LogP contribution is 2.30. The highest BCUT2D eigenvalue weighted by Gasteiger charge is 2.32. The van der Waals surface area contributed by atoms with Crippen molar-refractivity contribution in [2.24, 2.45) is 5.92 Å². The third-order valence-electron chi connectivity index (χ3n) is 4.89. The monoisotopic (exact) mass is 304 g/mol. The van der Waals surface area contributed by atoms with Gasteiger partial charge in [0.05, 0.1) is 5.56 Å². The highest BCUT2D eigenvalue weighted by molar-refractivity contribution is 6.03. The van der Waals surface area contributed by atoms with Crippen LogP contribution in [0.15, 0.2) is 4.42 Å². The summed E-state index contributed by atoms with van der Waals surface area (Å²) in [5.41, 5.74) is 1.40. The Bertz CT molecular complexity index is 583. The van der Waals surface area contributed by atoms with Crippen molar-refractivity contribution in [1.82, 2.24) is 10.2 Å². The quantitative estimate of drug-likeness (QED) is 0.929. The van der Waals surface area contributed by atoms with E-state index in [1.54, 1.807) is 0 Å². The Kier molecular flexibility index (Phi) is 4.34. The Morgan fingerprint density at radius 3 is 2.68 bits per heavy atom. The van der Waals surface area contributed by atoms with Gasteiger partial charge < -0.3 is 14.6 Å². The van der Waals surface area contributed by atoms with E-state index < -0.39 is 0 Å². The lowest BCUT2D eigenvalue weighted by molar-refractivity contribution is 0.0655. The number of nitrogens with one attached hydrogen (secondary N) is 1. The van der Waals surface area contributed by atoms with Crippen molar-refractivity contribution in [3.8, 4) is 0 Å². The van der Waals surface area contributed by atoms with Gasteiger partial charge in [-0.25, -0.2) is 0 Å². The van der Waals surface area contributed by atoms with E-state index in [1.807, 2.05) is 18.9 Å². The zero-order chi connectivity index (χ0) is 15.7. The molecule has 0 saturated carbocycles. The van der Waals surface area contributed by atoms with Gasteiger partial charge in [0.15, 0.2) is 11.5 Å². The van der Waals surface area contributed by atoms with Crippen LogP contribution in [-0.4, -0.2) is 43.3 Å². The Balaban J connectivity index is 1.75. The normalized spacial score (nSPS) is 19.4. The largest absolute Gasteiger partial charge is 0.455 e. The standard InChI is InChI=1S/C17H24N2O3/c1-11-15-13(20)4-3-5-14(15)22-16(11)17(21)19-8-6-12(7-9-19)10-18-2/h12,18H,3-10H2,1-2H3. The summed E-state index contributed by atoms with van der Waals surface area (Å²) in [6, 6.07) is 0. The van der Waals surface area contributed by atoms with Crippen molar-refractivity contribution in [3.63, 3.8) is 0 Å². The summed E-state index contributed by atoms with van der Waals surface area (Å²) in [5.74, 6) is 1.80. The van der Waals surface area contributed by atoms with Gasteiger partial charge in [0.25, 0.3) is 5.91 Å². The minimum atomic E-state index is -0.0531. The minimum Gasteiger partial charge on any atom is -0.455 e. The number of carbonyl (C=O) groups excluding carboxylic acids is 2. The van der Waals surface area contributed by atoms with Gasteiger partial charge in [-0.2, -0.15) is 0 Å². The number of rotatable bonds is 3. The van der Waals surface area contributed by atoms with Gasteiger partial charge in [-0.15, -0.1) is 0 Å². The average Bonchev–Trinajstić information content (AvgIpc) is 2.86. The van der Waals surface area contributed by atoms with Gasteiger partial charge in [0, 0.05) is 31.5 Å². The fraction of sp³-hybridized carbons (Fsp3) is 0.647. The molecule has 1 aromatic heterocycles. The van der Waals surface area contributed by atoms with E-state index in [4.69, 9.17) is 4.42 Å². The van der Waals surface area contributed by atoms with E-state index in [1.165, 1.54) is 0 Å². The molecule has 120 valence electrons. The third-order valence-corrected chi connectivity index (χ3v) is 4.89. The molecule has 3 rings (SSSR count). The number of hydrogen-bond acceptors (Lipinski definition) is 4. The molecule has 0 spiro atoms. The fourth-order valence-corrected chi connectivity index (χ4v) is 3.63. The highest BCUT2D eigenvalue weighted by atomic mass is 16.4. The maximum Gasteiger partial charge on any atom is 0.289 e. The van der Waals surface area contributed by atoms with Crippen molar-refractivity contribution < 1.29 is 14.0 Å². The third kappa shape index (κ3) is 2.70. The van der Waals surface area contributed by atoms with Crippen molar-refractivity contribution >= 4 is 11.7 Å². The molecule has 1 saturated heterocycles. The van der Waals surface area contributed by atoms with Gasteiger partial charge in [-0.3, -0.25) is 9.59 Å². The lowest BCUT2D eigenvalue weighted by Crippen LogP contribution is -2.40. The average molecular weight is 304 g/mol. The van der Waals surface area contributed by atoms with Crippen LogP contribution < -0.4 is 5.32 Å². The second kappa shape index (κ2) is 6.24. The Morgan fingerprint density at radius 2 is 2.05 bits per heavy atom. The fourth-order valence-electron chi connectivity index (χ4n) is 3.63. The predicted molar refractivity (Wildman–Crippen MR) is 83.3 cm³/mol. The Morgan fingerprint density at radius 1 is 1.32 bits per heavy atom. The first-order valence-electron chi connectivity index (χ1n) is 8.21. The van der Waals surface area contributed by atoms with Crippen LogP contribution >= 0.6 is 0 Å². The first kappa shape index (κ1) is 15.3. The zero-order valence-electron chi connectivity index (χ0n) is 13.4. The number of furan rings is 1. The molecule has 2 heterocycles. The lowest BCUT2D eigenvalue weighted by Gasteiger charge is -2.31. The summed E-state index contributed by atoms with van der Waals surface area (Å²) < 4.78 is 5.77. The zero-order valence-corrected chi connectivity index (χ0v) is 13.4. The molecule has 22 heavy (non-hydrogen) atoms. The van der Waals surface area contributed by atoms with E-state index in [0.29, 0.717) is 29.4 Å². The molecule has 1 amide bonds. The molecule has 0 atom stereocenters.